The Balaban J connectivity index is 2.10. The lowest BCUT2D eigenvalue weighted by Gasteiger charge is -2.20. The quantitative estimate of drug-likeness (QED) is 0.807. The van der Waals surface area contributed by atoms with E-state index >= 15 is 0 Å². The molecule has 1 aromatic carbocycles. The number of hydrogen-bond donors (Lipinski definition) is 1. The van der Waals surface area contributed by atoms with Crippen LogP contribution in [0, 0.1) is 16.4 Å². The van der Waals surface area contributed by atoms with Crippen LogP contribution in [0.15, 0.2) is 18.2 Å². The van der Waals surface area contributed by atoms with E-state index < -0.39 is 0 Å². The molecule has 0 heterocycles. The number of rotatable bonds is 2. The van der Waals surface area contributed by atoms with Gasteiger partial charge in [0.05, 0.1) is 0 Å². The van der Waals surface area contributed by atoms with Gasteiger partial charge in [-0.25, -0.2) is 0 Å². The Morgan fingerprint density at radius 1 is 1.33 bits per heavy atom. The van der Waals surface area contributed by atoms with Gasteiger partial charge >= 0.3 is 0 Å². The van der Waals surface area contributed by atoms with E-state index in [1.54, 1.807) is 0 Å². The van der Waals surface area contributed by atoms with E-state index in [0.717, 1.165) is 5.92 Å². The van der Waals surface area contributed by atoms with Gasteiger partial charge < -0.3 is 5.32 Å². The van der Waals surface area contributed by atoms with Gasteiger partial charge in [-0.2, -0.15) is 0 Å². The maximum atomic E-state index is 3.68. The molecule has 1 aromatic rings. The second-order valence-corrected chi connectivity index (χ2v) is 5.86. The summed E-state index contributed by atoms with van der Waals surface area (Å²) in [7, 11) is 0. The molecule has 2 heteroatoms. The van der Waals surface area contributed by atoms with Crippen molar-refractivity contribution in [1.82, 2.24) is 0 Å². The van der Waals surface area contributed by atoms with Crippen LogP contribution in [-0.4, -0.2) is 6.04 Å². The van der Waals surface area contributed by atoms with Gasteiger partial charge in [0.1, 0.15) is 0 Å². The molecule has 2 rings (SSSR count). The first kappa shape index (κ1) is 11.2. The van der Waals surface area contributed by atoms with Crippen LogP contribution in [0.3, 0.4) is 0 Å². The molecule has 1 saturated carbocycles. The van der Waals surface area contributed by atoms with Crippen molar-refractivity contribution in [2.45, 2.75) is 39.2 Å². The summed E-state index contributed by atoms with van der Waals surface area (Å²) in [5, 5.41) is 3.68. The fourth-order valence-electron chi connectivity index (χ4n) is 2.35. The van der Waals surface area contributed by atoms with E-state index in [2.05, 4.69) is 60.0 Å². The fraction of sp³-hybridized carbons (Fsp3) is 0.538. The zero-order valence-corrected chi connectivity index (χ0v) is 11.5. The minimum atomic E-state index is 0.684. The van der Waals surface area contributed by atoms with Crippen LogP contribution in [-0.2, 0) is 0 Å². The molecule has 82 valence electrons. The molecule has 0 amide bonds. The maximum absolute atomic E-state index is 3.68. The Kier molecular flexibility index (Phi) is 3.54. The van der Waals surface area contributed by atoms with Crippen LogP contribution < -0.4 is 5.32 Å². The zero-order valence-electron chi connectivity index (χ0n) is 9.39. The molecule has 0 aliphatic heterocycles. The lowest BCUT2D eigenvalue weighted by atomic mass is 10.1. The molecule has 15 heavy (non-hydrogen) atoms. The highest BCUT2D eigenvalue weighted by Gasteiger charge is 2.23. The lowest BCUT2D eigenvalue weighted by Crippen LogP contribution is -2.22. The fourth-order valence-corrected chi connectivity index (χ4v) is 3.00. The highest BCUT2D eigenvalue weighted by Crippen LogP contribution is 2.29. The molecular formula is C13H18IN. The number of aryl methyl sites for hydroxylation is 1. The van der Waals surface area contributed by atoms with Crippen molar-refractivity contribution < 1.29 is 0 Å². The van der Waals surface area contributed by atoms with Gasteiger partial charge in [-0.05, 0) is 72.0 Å². The highest BCUT2D eigenvalue weighted by atomic mass is 127. The topological polar surface area (TPSA) is 12.0 Å². The normalized spacial score (nSPS) is 25.5. The van der Waals surface area contributed by atoms with Crippen molar-refractivity contribution in [3.05, 3.63) is 27.3 Å². The Hall–Kier alpha value is -0.250. The standard InChI is InChI=1S/C13H18IN/c1-9-4-3-5-12(9)15-13-7-6-11(14)8-10(13)2/h6-9,12,15H,3-5H2,1-2H3. The Morgan fingerprint density at radius 2 is 2.13 bits per heavy atom. The Morgan fingerprint density at radius 3 is 2.73 bits per heavy atom. The first-order chi connectivity index (χ1) is 7.16. The summed E-state index contributed by atoms with van der Waals surface area (Å²) in [6.45, 7) is 4.54. The Labute approximate surface area is 106 Å². The second kappa shape index (κ2) is 4.73. The van der Waals surface area contributed by atoms with Crippen molar-refractivity contribution in [1.29, 1.82) is 0 Å². The summed E-state index contributed by atoms with van der Waals surface area (Å²) in [5.74, 6) is 0.823. The molecule has 1 nitrogen and oxygen atoms in total. The number of benzene rings is 1. The smallest absolute Gasteiger partial charge is 0.0372 e. The molecule has 1 aliphatic rings. The largest absolute Gasteiger partial charge is 0.382 e. The van der Waals surface area contributed by atoms with Gasteiger partial charge in [0.2, 0.25) is 0 Å². The molecular weight excluding hydrogens is 297 g/mol. The van der Waals surface area contributed by atoms with Gasteiger partial charge in [0, 0.05) is 15.3 Å². The molecule has 1 N–H and O–H groups in total. The van der Waals surface area contributed by atoms with Crippen LogP contribution >= 0.6 is 22.6 Å². The van der Waals surface area contributed by atoms with E-state index in [1.807, 2.05) is 0 Å². The van der Waals surface area contributed by atoms with Crippen LogP contribution in [0.2, 0.25) is 0 Å². The van der Waals surface area contributed by atoms with E-state index in [1.165, 1.54) is 34.1 Å². The molecule has 0 aromatic heterocycles. The molecule has 1 aliphatic carbocycles. The average Bonchev–Trinajstić information content (AvgIpc) is 2.57. The van der Waals surface area contributed by atoms with E-state index in [4.69, 9.17) is 0 Å². The van der Waals surface area contributed by atoms with Crippen LogP contribution in [0.1, 0.15) is 31.7 Å². The molecule has 0 saturated heterocycles. The molecule has 2 unspecified atom stereocenters. The minimum Gasteiger partial charge on any atom is -0.382 e. The zero-order chi connectivity index (χ0) is 10.8. The third-order valence-corrected chi connectivity index (χ3v) is 4.06. The molecule has 0 spiro atoms. The summed E-state index contributed by atoms with van der Waals surface area (Å²) in [4.78, 5) is 0. The van der Waals surface area contributed by atoms with Crippen molar-refractivity contribution in [3.63, 3.8) is 0 Å². The number of nitrogens with one attached hydrogen (secondary N) is 1. The Bertz CT molecular complexity index is 348. The first-order valence-corrected chi connectivity index (χ1v) is 6.77. The third-order valence-electron chi connectivity index (χ3n) is 3.39. The van der Waals surface area contributed by atoms with Gasteiger partial charge in [-0.15, -0.1) is 0 Å². The predicted octanol–water partition coefficient (Wildman–Crippen LogP) is 4.20. The average molecular weight is 315 g/mol. The van der Waals surface area contributed by atoms with Gasteiger partial charge in [0.25, 0.3) is 0 Å². The van der Waals surface area contributed by atoms with E-state index in [9.17, 15) is 0 Å². The van der Waals surface area contributed by atoms with Crippen molar-refractivity contribution >= 4 is 28.3 Å². The van der Waals surface area contributed by atoms with E-state index in [0.29, 0.717) is 6.04 Å². The van der Waals surface area contributed by atoms with Gasteiger partial charge in [0.15, 0.2) is 0 Å². The predicted molar refractivity (Wildman–Crippen MR) is 74.3 cm³/mol. The van der Waals surface area contributed by atoms with Crippen molar-refractivity contribution in [2.75, 3.05) is 5.32 Å². The van der Waals surface area contributed by atoms with Gasteiger partial charge in [-0.1, -0.05) is 13.3 Å². The molecule has 0 radical (unpaired) electrons. The summed E-state index contributed by atoms with van der Waals surface area (Å²) in [6, 6.07) is 7.31. The van der Waals surface area contributed by atoms with Crippen LogP contribution in [0.25, 0.3) is 0 Å². The van der Waals surface area contributed by atoms with Crippen molar-refractivity contribution in [3.8, 4) is 0 Å². The molecule has 1 fully saturated rings. The number of halogens is 1. The van der Waals surface area contributed by atoms with Crippen molar-refractivity contribution in [2.24, 2.45) is 5.92 Å². The third kappa shape index (κ3) is 2.65. The maximum Gasteiger partial charge on any atom is 0.0372 e. The number of hydrogen-bond acceptors (Lipinski definition) is 1. The molecule has 2 atom stereocenters. The summed E-state index contributed by atoms with van der Waals surface area (Å²) in [5.41, 5.74) is 2.68. The van der Waals surface area contributed by atoms with E-state index in [-0.39, 0.29) is 0 Å². The van der Waals surface area contributed by atoms with Gasteiger partial charge in [-0.3, -0.25) is 0 Å². The van der Waals surface area contributed by atoms with Crippen LogP contribution in [0.4, 0.5) is 5.69 Å². The minimum absolute atomic E-state index is 0.684. The number of anilines is 1. The lowest BCUT2D eigenvalue weighted by molar-refractivity contribution is 0.556. The summed E-state index contributed by atoms with van der Waals surface area (Å²) < 4.78 is 1.31. The monoisotopic (exact) mass is 315 g/mol. The first-order valence-electron chi connectivity index (χ1n) is 5.69. The summed E-state index contributed by atoms with van der Waals surface area (Å²) in [6.07, 6.45) is 4.08. The summed E-state index contributed by atoms with van der Waals surface area (Å²) >= 11 is 2.36. The second-order valence-electron chi connectivity index (χ2n) is 4.62. The van der Waals surface area contributed by atoms with Crippen LogP contribution in [0.5, 0.6) is 0 Å². The highest BCUT2D eigenvalue weighted by molar-refractivity contribution is 14.1. The molecule has 0 bridgehead atoms. The SMILES string of the molecule is Cc1cc(I)ccc1NC1CCCC1C.